The Bertz CT molecular complexity index is 1790. The van der Waals surface area contributed by atoms with Gasteiger partial charge in [0.1, 0.15) is 12.4 Å². The van der Waals surface area contributed by atoms with Crippen molar-refractivity contribution in [1.82, 2.24) is 5.32 Å². The van der Waals surface area contributed by atoms with Crippen LogP contribution in [-0.2, 0) is 52.5 Å². The van der Waals surface area contributed by atoms with Crippen LogP contribution in [0.25, 0.3) is 0 Å². The van der Waals surface area contributed by atoms with Crippen molar-refractivity contribution in [2.45, 2.75) is 127 Å². The summed E-state index contributed by atoms with van der Waals surface area (Å²) in [6.07, 6.45) is -1.69. The van der Waals surface area contributed by atoms with Crippen LogP contribution < -0.4 is 5.32 Å². The third-order valence-electron chi connectivity index (χ3n) is 12.6. The number of Topliss-reactive ketones (excluding diaryl/α,β-unsaturated/α-hetero) is 1. The molecular formula is C38H51F2N3O17. The van der Waals surface area contributed by atoms with E-state index in [1.54, 1.807) is 20.8 Å². The van der Waals surface area contributed by atoms with Gasteiger partial charge in [-0.3, -0.25) is 14.4 Å². The molecule has 0 aromatic heterocycles. The van der Waals surface area contributed by atoms with Crippen molar-refractivity contribution in [3.8, 4) is 0 Å². The van der Waals surface area contributed by atoms with E-state index in [2.05, 4.69) is 15.0 Å². The second-order valence-electron chi connectivity index (χ2n) is 16.7. The summed E-state index contributed by atoms with van der Waals surface area (Å²) >= 11 is 0. The summed E-state index contributed by atoms with van der Waals surface area (Å²) in [5.74, 6) is -6.86. The van der Waals surface area contributed by atoms with Gasteiger partial charge in [0, 0.05) is 36.0 Å². The summed E-state index contributed by atoms with van der Waals surface area (Å²) in [5.41, 5.74) is -7.39. The van der Waals surface area contributed by atoms with Crippen molar-refractivity contribution in [1.29, 1.82) is 0 Å². The zero-order valence-electron chi connectivity index (χ0n) is 33.8. The number of aliphatic hydroxyl groups is 1. The molecule has 5 aliphatic rings. The summed E-state index contributed by atoms with van der Waals surface area (Å²) in [6, 6.07) is -1.56. The van der Waals surface area contributed by atoms with E-state index in [0.717, 1.165) is 0 Å². The first-order valence-electron chi connectivity index (χ1n) is 19.8. The lowest BCUT2D eigenvalue weighted by molar-refractivity contribution is -0.757. The summed E-state index contributed by atoms with van der Waals surface area (Å²) in [6.45, 7) is 3.78. The Morgan fingerprint density at radius 1 is 0.967 bits per heavy atom. The minimum Gasteiger partial charge on any atom is -0.464 e. The molecule has 1 aliphatic heterocycles. The van der Waals surface area contributed by atoms with E-state index < -0.39 is 117 Å². The molecule has 5 rings (SSSR count). The summed E-state index contributed by atoms with van der Waals surface area (Å²) in [5, 5.41) is 32.9. The fourth-order valence-electron chi connectivity index (χ4n) is 9.96. The van der Waals surface area contributed by atoms with E-state index >= 15 is 8.78 Å². The molecule has 0 bridgehead atoms. The van der Waals surface area contributed by atoms with Crippen LogP contribution in [0.5, 0.6) is 0 Å². The van der Waals surface area contributed by atoms with E-state index in [0.29, 0.717) is 6.42 Å². The molecule has 60 heavy (non-hydrogen) atoms. The molecule has 4 aliphatic carbocycles. The van der Waals surface area contributed by atoms with Crippen molar-refractivity contribution in [3.63, 3.8) is 0 Å². The molecule has 2 N–H and O–H groups in total. The van der Waals surface area contributed by atoms with Gasteiger partial charge in [-0.25, -0.2) is 18.4 Å². The first kappa shape index (κ1) is 46.2. The SMILES string of the molecule is CC1(C)O[C@@H]2CC3C4CC(F)=C5CC(=O)C=C[C@]5(C)[C@@]4(F)[C@@H](O)C[C@]3(C)[C@]2(C(=O)COC(=O)OCC(NC(=O)CCCCCO[N+](=O)[O-])C(=O)OCCCCO[N+](=O)[O-])O1. The predicted molar refractivity (Wildman–Crippen MR) is 195 cm³/mol. The van der Waals surface area contributed by atoms with Crippen LogP contribution in [0.4, 0.5) is 13.6 Å². The van der Waals surface area contributed by atoms with Crippen LogP contribution in [0.15, 0.2) is 23.6 Å². The minimum atomic E-state index is -2.43. The molecule has 22 heteroatoms. The van der Waals surface area contributed by atoms with Crippen LogP contribution >= 0.6 is 0 Å². The predicted octanol–water partition coefficient (Wildman–Crippen LogP) is 3.66. The van der Waals surface area contributed by atoms with Gasteiger partial charge in [-0.2, -0.15) is 0 Å². The van der Waals surface area contributed by atoms with Gasteiger partial charge in [0.15, 0.2) is 35.5 Å². The smallest absolute Gasteiger partial charge is 0.464 e. The Labute approximate surface area is 342 Å². The Hall–Kier alpha value is -4.83. The van der Waals surface area contributed by atoms with Crippen LogP contribution in [0, 0.1) is 42.9 Å². The molecule has 1 saturated heterocycles. The van der Waals surface area contributed by atoms with Gasteiger partial charge in [0.05, 0.1) is 32.0 Å². The molecule has 334 valence electrons. The van der Waals surface area contributed by atoms with Gasteiger partial charge in [-0.05, 0) is 76.9 Å². The first-order chi connectivity index (χ1) is 28.1. The third-order valence-corrected chi connectivity index (χ3v) is 12.6. The van der Waals surface area contributed by atoms with E-state index in [1.807, 2.05) is 0 Å². The average molecular weight is 860 g/mol. The van der Waals surface area contributed by atoms with Crippen LogP contribution in [0.3, 0.4) is 0 Å². The Morgan fingerprint density at radius 2 is 1.62 bits per heavy atom. The van der Waals surface area contributed by atoms with Crippen molar-refractivity contribution >= 4 is 29.6 Å². The number of hydrogen-bond donors (Lipinski definition) is 2. The van der Waals surface area contributed by atoms with Crippen molar-refractivity contribution in [2.75, 3.05) is 33.0 Å². The average Bonchev–Trinajstić information content (AvgIpc) is 3.58. The fraction of sp³-hybridized carbons (Fsp3) is 0.763. The van der Waals surface area contributed by atoms with Crippen molar-refractivity contribution in [2.24, 2.45) is 22.7 Å². The molecule has 3 unspecified atom stereocenters. The van der Waals surface area contributed by atoms with Gasteiger partial charge in [0.25, 0.3) is 10.2 Å². The molecule has 1 amide bonds. The number of nitrogens with one attached hydrogen (secondary N) is 1. The molecule has 9 atom stereocenters. The number of unbranched alkanes of at least 4 members (excludes halogenated alkanes) is 3. The highest BCUT2D eigenvalue weighted by Crippen LogP contribution is 2.72. The van der Waals surface area contributed by atoms with Crippen molar-refractivity contribution in [3.05, 3.63) is 43.8 Å². The van der Waals surface area contributed by atoms with Crippen LogP contribution in [-0.4, -0.2) is 113 Å². The normalized spacial score (nSPS) is 32.7. The number of amides is 1. The number of ether oxygens (including phenoxy) is 5. The van der Waals surface area contributed by atoms with Gasteiger partial charge < -0.3 is 43.8 Å². The number of fused-ring (bicyclic) bond motifs is 7. The number of carbonyl (C=O) groups excluding carboxylic acids is 5. The molecule has 3 fully saturated rings. The van der Waals surface area contributed by atoms with Gasteiger partial charge in [0.2, 0.25) is 11.7 Å². The van der Waals surface area contributed by atoms with Gasteiger partial charge >= 0.3 is 12.1 Å². The fourth-order valence-corrected chi connectivity index (χ4v) is 9.96. The number of aliphatic hydroxyl groups excluding tert-OH is 1. The van der Waals surface area contributed by atoms with E-state index in [4.69, 9.17) is 23.7 Å². The number of rotatable bonds is 20. The standard InChI is InChI=1S/C38H51F2N3O17/c1-34(2)59-30-18-23-24-17-26(39)25-16-22(44)11-12-35(25,3)37(24,40)28(45)19-36(23,4)38(30,60-34)29(46)21-56-33(49)55-20-27(32(48)54-13-8-9-15-58-43(52)53)41-31(47)10-6-5-7-14-57-42(50)51/h11-12,23-24,27-28,30,45H,5-10,13-21H2,1-4H3,(H,41,47)/t23?,24?,27?,28-,30+,35-,36-,37-,38+/m0/s1. The molecule has 20 nitrogen and oxygen atoms in total. The highest BCUT2D eigenvalue weighted by molar-refractivity contribution is 5.94. The number of ketones is 2. The number of esters is 1. The number of nitrogens with zero attached hydrogens (tertiary/aromatic N) is 2. The maximum atomic E-state index is 17.7. The molecule has 0 radical (unpaired) electrons. The second-order valence-corrected chi connectivity index (χ2v) is 16.7. The van der Waals surface area contributed by atoms with Crippen molar-refractivity contribution < 1.29 is 81.4 Å². The second kappa shape index (κ2) is 18.0. The maximum Gasteiger partial charge on any atom is 0.508 e. The number of halogens is 2. The molecular weight excluding hydrogens is 808 g/mol. The minimum absolute atomic E-state index is 0.0192. The van der Waals surface area contributed by atoms with Gasteiger partial charge in [-0.1, -0.05) is 19.4 Å². The van der Waals surface area contributed by atoms with Crippen LogP contribution in [0.1, 0.15) is 91.9 Å². The topological polar surface area (TPSA) is 268 Å². The number of carbonyl (C=O) groups is 5. The number of alkyl halides is 1. The largest absolute Gasteiger partial charge is 0.508 e. The lowest BCUT2D eigenvalue weighted by Crippen LogP contribution is -2.70. The van der Waals surface area contributed by atoms with E-state index in [-0.39, 0.29) is 82.5 Å². The Kier molecular flexibility index (Phi) is 13.9. The zero-order valence-corrected chi connectivity index (χ0v) is 33.8. The maximum absolute atomic E-state index is 17.7. The number of allylic oxidation sites excluding steroid dienone is 4. The highest BCUT2D eigenvalue weighted by Gasteiger charge is 2.80. The number of hydrogen-bond acceptors (Lipinski definition) is 17. The summed E-state index contributed by atoms with van der Waals surface area (Å²) in [4.78, 5) is 94.3. The van der Waals surface area contributed by atoms with Crippen LogP contribution in [0.2, 0.25) is 0 Å². The Balaban J connectivity index is 1.25. The lowest BCUT2D eigenvalue weighted by atomic mass is 9.45. The quantitative estimate of drug-likeness (QED) is 0.0765. The van der Waals surface area contributed by atoms with E-state index in [1.165, 1.54) is 19.1 Å². The molecule has 1 heterocycles. The molecule has 2 saturated carbocycles. The molecule has 0 aromatic rings. The summed E-state index contributed by atoms with van der Waals surface area (Å²) in [7, 11) is 0. The Morgan fingerprint density at radius 3 is 2.28 bits per heavy atom. The summed E-state index contributed by atoms with van der Waals surface area (Å²) < 4.78 is 61.7. The molecule has 0 aromatic carbocycles. The lowest BCUT2D eigenvalue weighted by Gasteiger charge is -2.62. The van der Waals surface area contributed by atoms with Gasteiger partial charge in [-0.15, -0.1) is 20.2 Å². The zero-order chi connectivity index (χ0) is 44.3. The third kappa shape index (κ3) is 8.95. The highest BCUT2D eigenvalue weighted by atomic mass is 19.1. The molecule has 0 spiro atoms. The monoisotopic (exact) mass is 859 g/mol. The van der Waals surface area contributed by atoms with E-state index in [9.17, 15) is 49.3 Å². The first-order valence-corrected chi connectivity index (χ1v) is 19.8.